The summed E-state index contributed by atoms with van der Waals surface area (Å²) in [6.45, 7) is -1.11. The van der Waals surface area contributed by atoms with Crippen molar-refractivity contribution in [2.75, 3.05) is 6.61 Å². The largest absolute Gasteiger partial charge is 0.550 e. The maximum atomic E-state index is 11.0. The molecular formula is C3H3F2O3. The summed E-state index contributed by atoms with van der Waals surface area (Å²) >= 11 is 0. The lowest BCUT2D eigenvalue weighted by atomic mass is 10.8. The fourth-order valence-corrected chi connectivity index (χ4v) is 0.131. The topological polar surface area (TPSA) is 46.2 Å². The summed E-state index contributed by atoms with van der Waals surface area (Å²) in [7, 11) is 0. The molecule has 0 N–H and O–H groups in total. The summed E-state index contributed by atoms with van der Waals surface area (Å²) in [5.41, 5.74) is 0. The van der Waals surface area contributed by atoms with Crippen LogP contribution in [0.3, 0.4) is 0 Å². The summed E-state index contributed by atoms with van der Waals surface area (Å²) in [5.74, 6) is 0. The van der Waals surface area contributed by atoms with Crippen molar-refractivity contribution in [2.24, 2.45) is 0 Å². The maximum Gasteiger partial charge on any atom is 0.550 e. The highest BCUT2D eigenvalue weighted by atomic mass is 19.3. The SMILES string of the molecule is [O]C(=O)OCC(F)F. The third-order valence-electron chi connectivity index (χ3n) is 0.327. The molecule has 0 saturated heterocycles. The standard InChI is InChI=1S/C3H3F2O3/c4-2(5)1-8-3(6)7/h2H,1H2. The Morgan fingerprint density at radius 1 is 1.62 bits per heavy atom. The fourth-order valence-electron chi connectivity index (χ4n) is 0.131. The minimum absolute atomic E-state index is 1.11. The molecule has 0 rings (SSSR count). The van der Waals surface area contributed by atoms with E-state index in [0.717, 1.165) is 0 Å². The number of carbonyl (C=O) groups is 1. The van der Waals surface area contributed by atoms with Gasteiger partial charge in [-0.05, 0) is 0 Å². The Kier molecular flexibility index (Phi) is 2.83. The van der Waals surface area contributed by atoms with Gasteiger partial charge in [0.1, 0.15) is 0 Å². The minimum Gasteiger partial charge on any atom is -0.426 e. The third kappa shape index (κ3) is 5.13. The van der Waals surface area contributed by atoms with Crippen LogP contribution in [0.15, 0.2) is 0 Å². The Morgan fingerprint density at radius 3 is 2.25 bits per heavy atom. The van der Waals surface area contributed by atoms with E-state index in [0.29, 0.717) is 0 Å². The van der Waals surface area contributed by atoms with Crippen molar-refractivity contribution >= 4 is 6.16 Å². The molecule has 0 unspecified atom stereocenters. The van der Waals surface area contributed by atoms with E-state index in [1.54, 1.807) is 0 Å². The van der Waals surface area contributed by atoms with E-state index in [1.807, 2.05) is 0 Å². The molecule has 0 aliphatic heterocycles. The van der Waals surface area contributed by atoms with Crippen molar-refractivity contribution in [3.63, 3.8) is 0 Å². The second-order valence-electron chi connectivity index (χ2n) is 0.952. The fraction of sp³-hybridized carbons (Fsp3) is 0.667. The number of carbonyl (C=O) groups excluding carboxylic acids is 1. The molecule has 8 heavy (non-hydrogen) atoms. The van der Waals surface area contributed by atoms with Crippen molar-refractivity contribution in [3.05, 3.63) is 0 Å². The Morgan fingerprint density at radius 2 is 2.12 bits per heavy atom. The van der Waals surface area contributed by atoms with Crippen molar-refractivity contribution < 1.29 is 23.4 Å². The smallest absolute Gasteiger partial charge is 0.426 e. The molecule has 5 heteroatoms. The van der Waals surface area contributed by atoms with Crippen LogP contribution in [0.25, 0.3) is 0 Å². The zero-order valence-electron chi connectivity index (χ0n) is 3.77. The molecule has 0 aliphatic carbocycles. The van der Waals surface area contributed by atoms with Gasteiger partial charge < -0.3 is 4.74 Å². The first-order chi connectivity index (χ1) is 3.63. The molecule has 0 amide bonds. The third-order valence-corrected chi connectivity index (χ3v) is 0.327. The molecule has 0 atom stereocenters. The van der Waals surface area contributed by atoms with Gasteiger partial charge in [-0.1, -0.05) is 0 Å². The molecule has 0 saturated carbocycles. The highest BCUT2D eigenvalue weighted by Crippen LogP contribution is 1.91. The summed E-state index contributed by atoms with van der Waals surface area (Å²) in [6.07, 6.45) is -4.68. The molecular weight excluding hydrogens is 122 g/mol. The number of halogens is 2. The predicted octanol–water partition coefficient (Wildman–Crippen LogP) is 0.819. The minimum atomic E-state index is -2.76. The van der Waals surface area contributed by atoms with Crippen LogP contribution >= 0.6 is 0 Å². The van der Waals surface area contributed by atoms with Gasteiger partial charge in [-0.3, -0.25) is 0 Å². The number of ether oxygens (including phenoxy) is 1. The highest BCUT2D eigenvalue weighted by molar-refractivity contribution is 5.56. The molecule has 0 bridgehead atoms. The van der Waals surface area contributed by atoms with Gasteiger partial charge in [0.05, 0.1) is 0 Å². The monoisotopic (exact) mass is 125 g/mol. The summed E-state index contributed by atoms with van der Waals surface area (Å²) in [6, 6.07) is 0. The van der Waals surface area contributed by atoms with Crippen molar-refractivity contribution in [2.45, 2.75) is 6.43 Å². The number of hydrogen-bond acceptors (Lipinski definition) is 2. The maximum absolute atomic E-state index is 11.0. The summed E-state index contributed by atoms with van der Waals surface area (Å²) in [4.78, 5) is 9.24. The Bertz CT molecular complexity index is 82.6. The Labute approximate surface area is 43.9 Å². The van der Waals surface area contributed by atoms with E-state index in [4.69, 9.17) is 0 Å². The Balaban J connectivity index is 3.05. The predicted molar refractivity (Wildman–Crippen MR) is 18.0 cm³/mol. The van der Waals surface area contributed by atoms with Crippen LogP contribution in [-0.4, -0.2) is 19.2 Å². The van der Waals surface area contributed by atoms with Gasteiger partial charge in [-0.2, -0.15) is 9.90 Å². The van der Waals surface area contributed by atoms with Crippen LogP contribution in [0.5, 0.6) is 0 Å². The molecule has 3 nitrogen and oxygen atoms in total. The quantitative estimate of drug-likeness (QED) is 0.513. The van der Waals surface area contributed by atoms with Gasteiger partial charge >= 0.3 is 6.16 Å². The van der Waals surface area contributed by atoms with E-state index in [-0.39, 0.29) is 0 Å². The molecule has 0 heterocycles. The molecule has 0 spiro atoms. The lowest BCUT2D eigenvalue weighted by Gasteiger charge is -1.93. The Hall–Kier alpha value is -0.870. The lowest BCUT2D eigenvalue weighted by molar-refractivity contribution is 0.0125. The first-order valence-electron chi connectivity index (χ1n) is 1.75. The van der Waals surface area contributed by atoms with Crippen molar-refractivity contribution in [1.29, 1.82) is 0 Å². The molecule has 0 aliphatic rings. The molecule has 0 aromatic heterocycles. The average Bonchev–Trinajstić information content (AvgIpc) is 1.61. The normalized spacial score (nSPS) is 9.38. The highest BCUT2D eigenvalue weighted by Gasteiger charge is 2.06. The molecule has 0 aromatic carbocycles. The van der Waals surface area contributed by atoms with Gasteiger partial charge in [0.2, 0.25) is 0 Å². The van der Waals surface area contributed by atoms with E-state index in [9.17, 15) is 18.7 Å². The van der Waals surface area contributed by atoms with Crippen LogP contribution in [0.1, 0.15) is 0 Å². The van der Waals surface area contributed by atoms with E-state index >= 15 is 0 Å². The van der Waals surface area contributed by atoms with Crippen molar-refractivity contribution in [1.82, 2.24) is 0 Å². The van der Waals surface area contributed by atoms with E-state index in [2.05, 4.69) is 4.74 Å². The van der Waals surface area contributed by atoms with Crippen LogP contribution < -0.4 is 0 Å². The van der Waals surface area contributed by atoms with Gasteiger partial charge in [-0.15, -0.1) is 0 Å². The van der Waals surface area contributed by atoms with Gasteiger partial charge in [0.25, 0.3) is 6.43 Å². The second kappa shape index (κ2) is 3.17. The number of rotatable bonds is 2. The van der Waals surface area contributed by atoms with Gasteiger partial charge in [0.15, 0.2) is 6.61 Å². The van der Waals surface area contributed by atoms with Crippen LogP contribution in [0.4, 0.5) is 13.6 Å². The van der Waals surface area contributed by atoms with Crippen molar-refractivity contribution in [3.8, 4) is 0 Å². The molecule has 0 aromatic rings. The first-order valence-corrected chi connectivity index (χ1v) is 1.75. The summed E-state index contributed by atoms with van der Waals surface area (Å²) in [5, 5.41) is 9.24. The summed E-state index contributed by atoms with van der Waals surface area (Å²) < 4.78 is 25.3. The van der Waals surface area contributed by atoms with E-state index in [1.165, 1.54) is 0 Å². The second-order valence-corrected chi connectivity index (χ2v) is 0.952. The average molecular weight is 125 g/mol. The van der Waals surface area contributed by atoms with Gasteiger partial charge in [-0.25, -0.2) is 8.78 Å². The first kappa shape index (κ1) is 7.13. The van der Waals surface area contributed by atoms with Crippen LogP contribution in [-0.2, 0) is 9.84 Å². The molecule has 1 radical (unpaired) electrons. The van der Waals surface area contributed by atoms with E-state index < -0.39 is 19.2 Å². The van der Waals surface area contributed by atoms with Crippen LogP contribution in [0, 0.1) is 0 Å². The number of hydrogen-bond donors (Lipinski definition) is 0. The number of alkyl halides is 2. The van der Waals surface area contributed by atoms with Crippen LogP contribution in [0.2, 0.25) is 0 Å². The zero-order valence-corrected chi connectivity index (χ0v) is 3.77. The lowest BCUT2D eigenvalue weighted by Crippen LogP contribution is -2.07. The van der Waals surface area contributed by atoms with Gasteiger partial charge in [0, 0.05) is 0 Å². The molecule has 47 valence electrons. The zero-order chi connectivity index (χ0) is 6.57. The molecule has 0 fully saturated rings.